The maximum absolute atomic E-state index is 10.6. The summed E-state index contributed by atoms with van der Waals surface area (Å²) in [6.07, 6.45) is 7.97. The average molecular weight is 224 g/mol. The Bertz CT molecular complexity index is 268. The van der Waals surface area contributed by atoms with Crippen molar-refractivity contribution in [3.8, 4) is 0 Å². The van der Waals surface area contributed by atoms with Crippen molar-refractivity contribution in [2.45, 2.75) is 57.5 Å². The molecule has 16 heavy (non-hydrogen) atoms. The Morgan fingerprint density at radius 1 is 1.19 bits per heavy atom. The maximum atomic E-state index is 10.6. The van der Waals surface area contributed by atoms with Gasteiger partial charge in [-0.1, -0.05) is 13.3 Å². The fraction of sp³-hybridized carbons (Fsp3) is 1.00. The molecule has 0 aliphatic heterocycles. The van der Waals surface area contributed by atoms with E-state index < -0.39 is 0 Å². The van der Waals surface area contributed by atoms with Gasteiger partial charge in [0, 0.05) is 6.61 Å². The molecule has 0 aromatic carbocycles. The molecule has 4 aliphatic rings. The molecule has 4 saturated carbocycles. The first-order valence-electron chi connectivity index (χ1n) is 6.92. The lowest BCUT2D eigenvalue weighted by atomic mass is 9.45. The van der Waals surface area contributed by atoms with E-state index in [4.69, 9.17) is 0 Å². The van der Waals surface area contributed by atoms with Crippen LogP contribution in [0.15, 0.2) is 0 Å². The van der Waals surface area contributed by atoms with Gasteiger partial charge in [0.05, 0.1) is 5.60 Å². The van der Waals surface area contributed by atoms with E-state index in [0.717, 1.165) is 37.5 Å². The smallest absolute Gasteiger partial charge is 0.0658 e. The zero-order chi connectivity index (χ0) is 11.4. The van der Waals surface area contributed by atoms with Crippen LogP contribution in [0.2, 0.25) is 0 Å². The van der Waals surface area contributed by atoms with Crippen molar-refractivity contribution < 1.29 is 10.2 Å². The van der Waals surface area contributed by atoms with Gasteiger partial charge in [-0.25, -0.2) is 0 Å². The highest BCUT2D eigenvalue weighted by Crippen LogP contribution is 2.64. The van der Waals surface area contributed by atoms with Crippen molar-refractivity contribution in [1.29, 1.82) is 0 Å². The summed E-state index contributed by atoms with van der Waals surface area (Å²) in [5, 5.41) is 20.2. The standard InChI is InChI=1S/C14H24O2/c1-2-12(8-15)13-4-10-3-11(5-13)7-14(16,6-10)9-13/h10-12,15-16H,2-9H2,1H3. The molecule has 4 fully saturated rings. The van der Waals surface area contributed by atoms with Crippen LogP contribution in [0, 0.1) is 23.2 Å². The van der Waals surface area contributed by atoms with Crippen molar-refractivity contribution in [1.82, 2.24) is 0 Å². The summed E-state index contributed by atoms with van der Waals surface area (Å²) in [5.74, 6) is 1.91. The number of rotatable bonds is 3. The zero-order valence-electron chi connectivity index (χ0n) is 10.3. The van der Waals surface area contributed by atoms with Crippen LogP contribution in [0.3, 0.4) is 0 Å². The van der Waals surface area contributed by atoms with Gasteiger partial charge < -0.3 is 10.2 Å². The van der Waals surface area contributed by atoms with Crippen LogP contribution < -0.4 is 0 Å². The summed E-state index contributed by atoms with van der Waals surface area (Å²) < 4.78 is 0. The number of hydrogen-bond acceptors (Lipinski definition) is 2. The molecule has 0 heterocycles. The molecular weight excluding hydrogens is 200 g/mol. The Morgan fingerprint density at radius 3 is 2.25 bits per heavy atom. The van der Waals surface area contributed by atoms with Crippen LogP contribution in [-0.2, 0) is 0 Å². The molecule has 4 aliphatic carbocycles. The van der Waals surface area contributed by atoms with E-state index in [1.807, 2.05) is 0 Å². The molecular formula is C14H24O2. The minimum Gasteiger partial charge on any atom is -0.396 e. The third-order valence-electron chi connectivity index (χ3n) is 5.65. The van der Waals surface area contributed by atoms with Crippen molar-refractivity contribution >= 4 is 0 Å². The zero-order valence-corrected chi connectivity index (χ0v) is 10.3. The first kappa shape index (κ1) is 11.0. The first-order valence-corrected chi connectivity index (χ1v) is 6.92. The summed E-state index contributed by atoms with van der Waals surface area (Å²) >= 11 is 0. The van der Waals surface area contributed by atoms with Crippen LogP contribution in [0.25, 0.3) is 0 Å². The third-order valence-corrected chi connectivity index (χ3v) is 5.65. The summed E-state index contributed by atoms with van der Waals surface area (Å²) in [6.45, 7) is 2.50. The highest BCUT2D eigenvalue weighted by Gasteiger charge is 2.58. The summed E-state index contributed by atoms with van der Waals surface area (Å²) in [4.78, 5) is 0. The van der Waals surface area contributed by atoms with E-state index in [-0.39, 0.29) is 11.0 Å². The lowest BCUT2D eigenvalue weighted by Crippen LogP contribution is -2.58. The quantitative estimate of drug-likeness (QED) is 0.772. The van der Waals surface area contributed by atoms with Gasteiger partial charge in [-0.05, 0) is 61.7 Å². The minimum absolute atomic E-state index is 0.280. The van der Waals surface area contributed by atoms with E-state index in [2.05, 4.69) is 6.92 Å². The maximum Gasteiger partial charge on any atom is 0.0658 e. The molecule has 0 amide bonds. The summed E-state index contributed by atoms with van der Waals surface area (Å²) in [7, 11) is 0. The van der Waals surface area contributed by atoms with Gasteiger partial charge in [0.15, 0.2) is 0 Å². The Kier molecular flexibility index (Phi) is 2.38. The molecule has 4 rings (SSSR count). The van der Waals surface area contributed by atoms with Gasteiger partial charge in [-0.3, -0.25) is 0 Å². The number of aliphatic hydroxyl groups is 2. The SMILES string of the molecule is CCC(CO)C12CC3CC(CC(O)(C3)C1)C2. The monoisotopic (exact) mass is 224 g/mol. The fourth-order valence-electron chi connectivity index (χ4n) is 5.52. The minimum atomic E-state index is -0.368. The van der Waals surface area contributed by atoms with Gasteiger partial charge in [0.25, 0.3) is 0 Å². The molecule has 4 bridgehead atoms. The fourth-order valence-corrected chi connectivity index (χ4v) is 5.52. The van der Waals surface area contributed by atoms with Crippen molar-refractivity contribution in [2.24, 2.45) is 23.2 Å². The van der Waals surface area contributed by atoms with Crippen LogP contribution in [0.4, 0.5) is 0 Å². The molecule has 3 atom stereocenters. The van der Waals surface area contributed by atoms with E-state index >= 15 is 0 Å². The van der Waals surface area contributed by atoms with Crippen molar-refractivity contribution in [3.05, 3.63) is 0 Å². The van der Waals surface area contributed by atoms with E-state index in [0.29, 0.717) is 12.5 Å². The molecule has 0 aromatic rings. The van der Waals surface area contributed by atoms with Crippen LogP contribution in [0.1, 0.15) is 51.9 Å². The Balaban J connectivity index is 1.91. The molecule has 2 nitrogen and oxygen atoms in total. The third kappa shape index (κ3) is 1.46. The lowest BCUT2D eigenvalue weighted by molar-refractivity contribution is -0.185. The van der Waals surface area contributed by atoms with Crippen LogP contribution in [0.5, 0.6) is 0 Å². The Morgan fingerprint density at radius 2 is 1.81 bits per heavy atom. The largest absolute Gasteiger partial charge is 0.396 e. The van der Waals surface area contributed by atoms with Crippen LogP contribution >= 0.6 is 0 Å². The topological polar surface area (TPSA) is 40.5 Å². The average Bonchev–Trinajstić information content (AvgIpc) is 2.14. The lowest BCUT2D eigenvalue weighted by Gasteiger charge is -2.62. The Hall–Kier alpha value is -0.0800. The predicted molar refractivity (Wildman–Crippen MR) is 62.9 cm³/mol. The first-order chi connectivity index (χ1) is 7.59. The second-order valence-corrected chi connectivity index (χ2v) is 6.84. The highest BCUT2D eigenvalue weighted by molar-refractivity contribution is 5.09. The molecule has 2 heteroatoms. The summed E-state index contributed by atoms with van der Waals surface area (Å²) in [5.41, 5.74) is -0.0883. The van der Waals surface area contributed by atoms with Gasteiger partial charge in [-0.15, -0.1) is 0 Å². The molecule has 0 spiro atoms. The molecule has 0 saturated heterocycles. The van der Waals surface area contributed by atoms with Crippen molar-refractivity contribution in [3.63, 3.8) is 0 Å². The predicted octanol–water partition coefficient (Wildman–Crippen LogP) is 2.34. The van der Waals surface area contributed by atoms with Gasteiger partial charge >= 0.3 is 0 Å². The van der Waals surface area contributed by atoms with E-state index in [9.17, 15) is 10.2 Å². The number of aliphatic hydroxyl groups excluding tert-OH is 1. The second-order valence-electron chi connectivity index (χ2n) is 6.84. The summed E-state index contributed by atoms with van der Waals surface area (Å²) in [6, 6.07) is 0. The van der Waals surface area contributed by atoms with Gasteiger partial charge in [0.2, 0.25) is 0 Å². The molecule has 0 radical (unpaired) electrons. The number of hydrogen-bond donors (Lipinski definition) is 2. The molecule has 92 valence electrons. The normalized spacial score (nSPS) is 51.9. The van der Waals surface area contributed by atoms with E-state index in [1.165, 1.54) is 19.3 Å². The second kappa shape index (κ2) is 3.46. The van der Waals surface area contributed by atoms with Gasteiger partial charge in [-0.2, -0.15) is 0 Å². The Labute approximate surface area is 98.1 Å². The van der Waals surface area contributed by atoms with Crippen molar-refractivity contribution in [2.75, 3.05) is 6.61 Å². The van der Waals surface area contributed by atoms with Gasteiger partial charge in [0.1, 0.15) is 0 Å². The van der Waals surface area contributed by atoms with Crippen LogP contribution in [-0.4, -0.2) is 22.4 Å². The molecule has 0 aromatic heterocycles. The highest BCUT2D eigenvalue weighted by atomic mass is 16.3. The van der Waals surface area contributed by atoms with E-state index in [1.54, 1.807) is 0 Å². The molecule has 3 unspecified atom stereocenters. The molecule has 2 N–H and O–H groups in total.